The molecule has 1 atom stereocenters. The Bertz CT molecular complexity index is 870. The van der Waals surface area contributed by atoms with Crippen LogP contribution in [0, 0.1) is 5.92 Å². The van der Waals surface area contributed by atoms with Crippen LogP contribution < -0.4 is 9.47 Å². The first-order chi connectivity index (χ1) is 15.6. The molecule has 0 aromatic heterocycles. The van der Waals surface area contributed by atoms with Gasteiger partial charge in [0.2, 0.25) is 0 Å². The van der Waals surface area contributed by atoms with Crippen LogP contribution in [0.4, 0.5) is 0 Å². The van der Waals surface area contributed by atoms with Crippen molar-refractivity contribution in [2.75, 3.05) is 20.3 Å². The molecule has 1 aliphatic carbocycles. The second-order valence-electron chi connectivity index (χ2n) is 7.80. The zero-order valence-corrected chi connectivity index (χ0v) is 19.0. The van der Waals surface area contributed by atoms with Gasteiger partial charge in [-0.1, -0.05) is 36.4 Å². The molecule has 1 aliphatic rings. The van der Waals surface area contributed by atoms with Gasteiger partial charge in [-0.15, -0.1) is 0 Å². The maximum Gasteiger partial charge on any atom is 0.321 e. The minimum atomic E-state index is -1.13. The molecule has 6 heteroatoms. The first-order valence-electron chi connectivity index (χ1n) is 11.3. The van der Waals surface area contributed by atoms with Crippen molar-refractivity contribution in [2.45, 2.75) is 51.6 Å². The lowest BCUT2D eigenvalue weighted by molar-refractivity contribution is -0.162. The first-order valence-corrected chi connectivity index (χ1v) is 11.3. The highest BCUT2D eigenvalue weighted by molar-refractivity contribution is 5.96. The zero-order chi connectivity index (χ0) is 22.9. The lowest BCUT2D eigenvalue weighted by Gasteiger charge is -2.26. The number of ether oxygens (including phenoxy) is 4. The average Bonchev–Trinajstić information content (AvgIpc) is 3.31. The van der Waals surface area contributed by atoms with Crippen molar-refractivity contribution in [3.63, 3.8) is 0 Å². The molecule has 1 unspecified atom stereocenters. The largest absolute Gasteiger partial charge is 0.493 e. The predicted molar refractivity (Wildman–Crippen MR) is 121 cm³/mol. The highest BCUT2D eigenvalue weighted by Crippen LogP contribution is 2.39. The van der Waals surface area contributed by atoms with Crippen molar-refractivity contribution in [1.82, 2.24) is 0 Å². The van der Waals surface area contributed by atoms with Gasteiger partial charge in [0.15, 0.2) is 17.4 Å². The summed E-state index contributed by atoms with van der Waals surface area (Å²) in [5, 5.41) is 0. The molecule has 32 heavy (non-hydrogen) atoms. The molecule has 1 saturated carbocycles. The molecular formula is C26H32O6. The quantitative estimate of drug-likeness (QED) is 0.387. The lowest BCUT2D eigenvalue weighted by Crippen LogP contribution is -2.34. The van der Waals surface area contributed by atoms with E-state index < -0.39 is 23.8 Å². The maximum absolute atomic E-state index is 13.0. The van der Waals surface area contributed by atoms with Gasteiger partial charge in [0.25, 0.3) is 0 Å². The number of carbonyl (C=O) groups is 2. The number of rotatable bonds is 10. The summed E-state index contributed by atoms with van der Waals surface area (Å²) in [6.45, 7) is 3.79. The van der Waals surface area contributed by atoms with E-state index in [2.05, 4.69) is 0 Å². The standard InChI is InChI=1S/C26H32O6/c1-4-30-25(27)24(26(28)31-5-2)23(18-11-7-6-8-12-18)19-15-16-21(29-3)22(17-19)32-20-13-9-10-14-20/h6-8,11-12,15-17,20,23-24H,4-5,9-10,13-14H2,1-3H3. The molecular weight excluding hydrogens is 408 g/mol. The summed E-state index contributed by atoms with van der Waals surface area (Å²) in [4.78, 5) is 25.9. The number of carbonyl (C=O) groups excluding carboxylic acids is 2. The van der Waals surface area contributed by atoms with Crippen LogP contribution in [0.5, 0.6) is 11.5 Å². The monoisotopic (exact) mass is 440 g/mol. The lowest BCUT2D eigenvalue weighted by atomic mass is 9.80. The Morgan fingerprint density at radius 2 is 1.50 bits per heavy atom. The third-order valence-corrected chi connectivity index (χ3v) is 5.72. The summed E-state index contributed by atoms with van der Waals surface area (Å²) < 4.78 is 22.3. The Hall–Kier alpha value is -3.02. The van der Waals surface area contributed by atoms with E-state index in [9.17, 15) is 9.59 Å². The molecule has 0 spiro atoms. The van der Waals surface area contributed by atoms with E-state index in [4.69, 9.17) is 18.9 Å². The fraction of sp³-hybridized carbons (Fsp3) is 0.462. The summed E-state index contributed by atoms with van der Waals surface area (Å²) in [5.74, 6) is -1.69. The van der Waals surface area contributed by atoms with Crippen LogP contribution in [0.15, 0.2) is 48.5 Å². The normalized spacial score (nSPS) is 14.8. The van der Waals surface area contributed by atoms with Gasteiger partial charge in [-0.2, -0.15) is 0 Å². The van der Waals surface area contributed by atoms with Crippen molar-refractivity contribution in [3.8, 4) is 11.5 Å². The van der Waals surface area contributed by atoms with Crippen LogP contribution in [0.1, 0.15) is 56.6 Å². The molecule has 0 amide bonds. The molecule has 0 saturated heterocycles. The molecule has 0 N–H and O–H groups in total. The summed E-state index contributed by atoms with van der Waals surface area (Å²) >= 11 is 0. The highest BCUT2D eigenvalue weighted by Gasteiger charge is 2.40. The molecule has 1 fully saturated rings. The zero-order valence-electron chi connectivity index (χ0n) is 19.0. The molecule has 6 nitrogen and oxygen atoms in total. The molecule has 3 rings (SSSR count). The Morgan fingerprint density at radius 1 is 0.875 bits per heavy atom. The van der Waals surface area contributed by atoms with Gasteiger partial charge in [0.05, 0.1) is 26.4 Å². The molecule has 0 radical (unpaired) electrons. The summed E-state index contributed by atoms with van der Waals surface area (Å²) in [6.07, 6.45) is 4.44. The number of esters is 2. The predicted octanol–water partition coefficient (Wildman–Crippen LogP) is 4.89. The molecule has 172 valence electrons. The fourth-order valence-corrected chi connectivity index (χ4v) is 4.23. The van der Waals surface area contributed by atoms with Gasteiger partial charge in [0.1, 0.15) is 0 Å². The van der Waals surface area contributed by atoms with E-state index in [1.807, 2.05) is 48.5 Å². The molecule has 0 heterocycles. The summed E-state index contributed by atoms with van der Waals surface area (Å²) in [7, 11) is 1.60. The third-order valence-electron chi connectivity index (χ3n) is 5.72. The Kier molecular flexibility index (Phi) is 8.54. The first kappa shape index (κ1) is 23.6. The van der Waals surface area contributed by atoms with Crippen LogP contribution in [-0.2, 0) is 19.1 Å². The smallest absolute Gasteiger partial charge is 0.321 e. The highest BCUT2D eigenvalue weighted by atomic mass is 16.6. The van der Waals surface area contributed by atoms with Crippen molar-refractivity contribution in [2.24, 2.45) is 5.92 Å². The van der Waals surface area contributed by atoms with E-state index in [-0.39, 0.29) is 19.3 Å². The van der Waals surface area contributed by atoms with Crippen LogP contribution in [-0.4, -0.2) is 38.4 Å². The van der Waals surface area contributed by atoms with Gasteiger partial charge >= 0.3 is 11.9 Å². The van der Waals surface area contributed by atoms with Crippen LogP contribution >= 0.6 is 0 Å². The third kappa shape index (κ3) is 5.61. The van der Waals surface area contributed by atoms with E-state index in [1.165, 1.54) is 0 Å². The number of hydrogen-bond acceptors (Lipinski definition) is 6. The van der Waals surface area contributed by atoms with Crippen molar-refractivity contribution >= 4 is 11.9 Å². The topological polar surface area (TPSA) is 71.1 Å². The Balaban J connectivity index is 2.08. The minimum absolute atomic E-state index is 0.139. The summed E-state index contributed by atoms with van der Waals surface area (Å²) in [6, 6.07) is 15.0. The molecule has 2 aromatic rings. The fourth-order valence-electron chi connectivity index (χ4n) is 4.23. The van der Waals surface area contributed by atoms with Crippen LogP contribution in [0.3, 0.4) is 0 Å². The second kappa shape index (κ2) is 11.6. The van der Waals surface area contributed by atoms with Crippen molar-refractivity contribution in [1.29, 1.82) is 0 Å². The van der Waals surface area contributed by atoms with Gasteiger partial charge < -0.3 is 18.9 Å². The summed E-state index contributed by atoms with van der Waals surface area (Å²) in [5.41, 5.74) is 1.58. The molecule has 0 aliphatic heterocycles. The van der Waals surface area contributed by atoms with Crippen LogP contribution in [0.25, 0.3) is 0 Å². The van der Waals surface area contributed by atoms with E-state index in [0.29, 0.717) is 11.5 Å². The molecule has 2 aromatic carbocycles. The minimum Gasteiger partial charge on any atom is -0.493 e. The Labute approximate surface area is 189 Å². The van der Waals surface area contributed by atoms with Gasteiger partial charge in [-0.25, -0.2) is 0 Å². The van der Waals surface area contributed by atoms with Gasteiger partial charge in [-0.05, 0) is 62.8 Å². The molecule has 0 bridgehead atoms. The Morgan fingerprint density at radius 3 is 2.06 bits per heavy atom. The average molecular weight is 441 g/mol. The van der Waals surface area contributed by atoms with Crippen molar-refractivity contribution in [3.05, 3.63) is 59.7 Å². The SMILES string of the molecule is CCOC(=O)C(C(=O)OCC)C(c1ccccc1)c1ccc(OC)c(OC2CCCC2)c1. The van der Waals surface area contributed by atoms with Gasteiger partial charge in [-0.3, -0.25) is 9.59 Å². The number of benzene rings is 2. The van der Waals surface area contributed by atoms with E-state index in [1.54, 1.807) is 21.0 Å². The van der Waals surface area contributed by atoms with E-state index in [0.717, 1.165) is 36.8 Å². The maximum atomic E-state index is 13.0. The van der Waals surface area contributed by atoms with Crippen LogP contribution in [0.2, 0.25) is 0 Å². The number of methoxy groups -OCH3 is 1. The van der Waals surface area contributed by atoms with Crippen molar-refractivity contribution < 1.29 is 28.5 Å². The van der Waals surface area contributed by atoms with E-state index >= 15 is 0 Å². The van der Waals surface area contributed by atoms with Gasteiger partial charge in [0, 0.05) is 5.92 Å². The number of hydrogen-bond donors (Lipinski definition) is 0. The second-order valence-corrected chi connectivity index (χ2v) is 7.80.